The van der Waals surface area contributed by atoms with Crippen molar-refractivity contribution >= 4 is 28.9 Å². The van der Waals surface area contributed by atoms with Crippen molar-refractivity contribution in [1.29, 1.82) is 0 Å². The lowest BCUT2D eigenvalue weighted by atomic mass is 10.2. The number of halogens is 1. The Morgan fingerprint density at radius 3 is 2.28 bits per heavy atom. The van der Waals surface area contributed by atoms with Crippen LogP contribution in [0.5, 0.6) is 23.0 Å². The zero-order valence-electron chi connectivity index (χ0n) is 16.1. The van der Waals surface area contributed by atoms with Crippen LogP contribution in [-0.2, 0) is 4.79 Å². The van der Waals surface area contributed by atoms with Gasteiger partial charge in [-0.05, 0) is 24.3 Å². The number of methoxy groups -OCH3 is 2. The summed E-state index contributed by atoms with van der Waals surface area (Å²) in [5.74, 6) is 1.96. The lowest BCUT2D eigenvalue weighted by Gasteiger charge is -2.15. The third kappa shape index (κ3) is 5.33. The quantitative estimate of drug-likeness (QED) is 0.532. The van der Waals surface area contributed by atoms with Crippen LogP contribution in [-0.4, -0.2) is 26.7 Å². The van der Waals surface area contributed by atoms with Gasteiger partial charge in [-0.3, -0.25) is 4.79 Å². The van der Waals surface area contributed by atoms with Crippen molar-refractivity contribution in [3.63, 3.8) is 0 Å². The van der Waals surface area contributed by atoms with Crippen molar-refractivity contribution in [2.24, 2.45) is 0 Å². The lowest BCUT2D eigenvalue weighted by Crippen LogP contribution is -2.22. The van der Waals surface area contributed by atoms with E-state index in [-0.39, 0.29) is 12.5 Å². The molecular formula is C22H21ClN2O4. The summed E-state index contributed by atoms with van der Waals surface area (Å²) in [6, 6.07) is 20.1. The maximum atomic E-state index is 12.5. The summed E-state index contributed by atoms with van der Waals surface area (Å²) in [5.41, 5.74) is 1.17. The molecule has 0 saturated carbocycles. The average molecular weight is 413 g/mol. The van der Waals surface area contributed by atoms with E-state index in [1.54, 1.807) is 12.1 Å². The van der Waals surface area contributed by atoms with E-state index in [4.69, 9.17) is 25.8 Å². The standard InChI is InChI=1S/C22H21ClN2O4/c1-27-20-13-18(21(28-2)12-16(20)23)25-22(26)14-24-17-10-6-7-11-19(17)29-15-8-4-3-5-9-15/h3-13,24H,14H2,1-2H3,(H,25,26). The van der Waals surface area contributed by atoms with Gasteiger partial charge in [0.15, 0.2) is 5.75 Å². The van der Waals surface area contributed by atoms with Gasteiger partial charge in [0.25, 0.3) is 0 Å². The third-order valence-corrected chi connectivity index (χ3v) is 4.34. The number of carbonyl (C=O) groups excluding carboxylic acids is 1. The maximum Gasteiger partial charge on any atom is 0.243 e. The molecule has 0 bridgehead atoms. The van der Waals surface area contributed by atoms with Gasteiger partial charge in [0.2, 0.25) is 5.91 Å². The second-order valence-corrected chi connectivity index (χ2v) is 6.41. The molecule has 0 aliphatic carbocycles. The van der Waals surface area contributed by atoms with Crippen molar-refractivity contribution in [1.82, 2.24) is 0 Å². The van der Waals surface area contributed by atoms with Crippen LogP contribution >= 0.6 is 11.6 Å². The van der Waals surface area contributed by atoms with Gasteiger partial charge in [-0.25, -0.2) is 0 Å². The summed E-state index contributed by atoms with van der Waals surface area (Å²) in [4.78, 5) is 12.5. The van der Waals surface area contributed by atoms with Gasteiger partial charge in [-0.1, -0.05) is 41.9 Å². The van der Waals surface area contributed by atoms with E-state index < -0.39 is 0 Å². The number of hydrogen-bond donors (Lipinski definition) is 2. The highest BCUT2D eigenvalue weighted by molar-refractivity contribution is 6.32. The molecule has 0 aliphatic rings. The van der Waals surface area contributed by atoms with E-state index in [1.165, 1.54) is 14.2 Å². The molecule has 0 saturated heterocycles. The van der Waals surface area contributed by atoms with Crippen molar-refractivity contribution in [2.75, 3.05) is 31.4 Å². The summed E-state index contributed by atoms with van der Waals surface area (Å²) in [5, 5.41) is 6.29. The normalized spacial score (nSPS) is 10.2. The Kier molecular flexibility index (Phi) is 6.81. The van der Waals surface area contributed by atoms with E-state index in [1.807, 2.05) is 54.6 Å². The average Bonchev–Trinajstić information content (AvgIpc) is 2.74. The molecule has 3 rings (SSSR count). The molecule has 0 atom stereocenters. The number of anilines is 2. The molecular weight excluding hydrogens is 392 g/mol. The van der Waals surface area contributed by atoms with Gasteiger partial charge in [0.1, 0.15) is 17.2 Å². The number of benzene rings is 3. The first kappa shape index (κ1) is 20.4. The molecule has 29 heavy (non-hydrogen) atoms. The summed E-state index contributed by atoms with van der Waals surface area (Å²) < 4.78 is 16.4. The smallest absolute Gasteiger partial charge is 0.243 e. The van der Waals surface area contributed by atoms with Crippen molar-refractivity contribution < 1.29 is 19.0 Å². The van der Waals surface area contributed by atoms with Crippen LogP contribution in [0.25, 0.3) is 0 Å². The number of rotatable bonds is 8. The second-order valence-electron chi connectivity index (χ2n) is 6.00. The van der Waals surface area contributed by atoms with E-state index in [0.29, 0.717) is 39.4 Å². The fourth-order valence-electron chi connectivity index (χ4n) is 2.65. The van der Waals surface area contributed by atoms with Crippen molar-refractivity contribution in [2.45, 2.75) is 0 Å². The minimum atomic E-state index is -0.262. The molecule has 2 N–H and O–H groups in total. The van der Waals surface area contributed by atoms with Crippen LogP contribution < -0.4 is 24.8 Å². The molecule has 0 heterocycles. The Hall–Kier alpha value is -3.38. The van der Waals surface area contributed by atoms with E-state index in [2.05, 4.69) is 10.6 Å². The molecule has 0 fully saturated rings. The largest absolute Gasteiger partial charge is 0.495 e. The van der Waals surface area contributed by atoms with Crippen molar-refractivity contribution in [3.8, 4) is 23.0 Å². The summed E-state index contributed by atoms with van der Waals surface area (Å²) in [7, 11) is 3.01. The molecule has 0 radical (unpaired) electrons. The van der Waals surface area contributed by atoms with Gasteiger partial charge in [-0.15, -0.1) is 0 Å². The van der Waals surface area contributed by atoms with Gasteiger partial charge in [-0.2, -0.15) is 0 Å². The van der Waals surface area contributed by atoms with Crippen LogP contribution in [0, 0.1) is 0 Å². The first-order chi connectivity index (χ1) is 14.1. The van der Waals surface area contributed by atoms with Crippen LogP contribution in [0.3, 0.4) is 0 Å². The molecule has 3 aromatic carbocycles. The number of para-hydroxylation sites is 3. The van der Waals surface area contributed by atoms with Crippen LogP contribution in [0.4, 0.5) is 11.4 Å². The molecule has 3 aromatic rings. The highest BCUT2D eigenvalue weighted by atomic mass is 35.5. The van der Waals surface area contributed by atoms with Crippen molar-refractivity contribution in [3.05, 3.63) is 71.8 Å². The molecule has 1 amide bonds. The summed E-state index contributed by atoms with van der Waals surface area (Å²) >= 11 is 6.10. The first-order valence-corrected chi connectivity index (χ1v) is 9.25. The van der Waals surface area contributed by atoms with Crippen LogP contribution in [0.15, 0.2) is 66.7 Å². The molecule has 0 aliphatic heterocycles. The Bertz CT molecular complexity index is 980. The number of amides is 1. The predicted octanol–water partition coefficient (Wildman–Crippen LogP) is 5.20. The minimum absolute atomic E-state index is 0.0310. The molecule has 0 spiro atoms. The molecule has 6 nitrogen and oxygen atoms in total. The lowest BCUT2D eigenvalue weighted by molar-refractivity contribution is -0.114. The highest BCUT2D eigenvalue weighted by Gasteiger charge is 2.13. The fourth-order valence-corrected chi connectivity index (χ4v) is 2.88. The van der Waals surface area contributed by atoms with Gasteiger partial charge in [0.05, 0.1) is 37.2 Å². The monoisotopic (exact) mass is 412 g/mol. The van der Waals surface area contributed by atoms with Gasteiger partial charge in [0, 0.05) is 12.1 Å². The second kappa shape index (κ2) is 9.71. The molecule has 0 aromatic heterocycles. The predicted molar refractivity (Wildman–Crippen MR) is 115 cm³/mol. The molecule has 7 heteroatoms. The number of hydrogen-bond acceptors (Lipinski definition) is 5. The summed E-state index contributed by atoms with van der Waals surface area (Å²) in [6.07, 6.45) is 0. The van der Waals surface area contributed by atoms with Gasteiger partial charge >= 0.3 is 0 Å². The topological polar surface area (TPSA) is 68.8 Å². The Morgan fingerprint density at radius 1 is 0.862 bits per heavy atom. The number of carbonyl (C=O) groups is 1. The highest BCUT2D eigenvalue weighted by Crippen LogP contribution is 2.36. The Balaban J connectivity index is 1.67. The van der Waals surface area contributed by atoms with E-state index >= 15 is 0 Å². The maximum absolute atomic E-state index is 12.5. The minimum Gasteiger partial charge on any atom is -0.495 e. The third-order valence-electron chi connectivity index (χ3n) is 4.05. The zero-order valence-corrected chi connectivity index (χ0v) is 16.8. The SMILES string of the molecule is COc1cc(NC(=O)CNc2ccccc2Oc2ccccc2)c(OC)cc1Cl. The van der Waals surface area contributed by atoms with Crippen LogP contribution in [0.1, 0.15) is 0 Å². The fraction of sp³-hybridized carbons (Fsp3) is 0.136. The summed E-state index contributed by atoms with van der Waals surface area (Å²) in [6.45, 7) is 0.0310. The number of nitrogens with one attached hydrogen (secondary N) is 2. The number of ether oxygens (including phenoxy) is 3. The Labute approximate surface area is 174 Å². The van der Waals surface area contributed by atoms with Crippen LogP contribution in [0.2, 0.25) is 5.02 Å². The van der Waals surface area contributed by atoms with E-state index in [0.717, 1.165) is 0 Å². The first-order valence-electron chi connectivity index (χ1n) is 8.88. The van der Waals surface area contributed by atoms with Gasteiger partial charge < -0.3 is 24.8 Å². The molecule has 0 unspecified atom stereocenters. The van der Waals surface area contributed by atoms with E-state index in [9.17, 15) is 4.79 Å². The molecule has 150 valence electrons. The zero-order chi connectivity index (χ0) is 20.6. The Morgan fingerprint density at radius 2 is 1.55 bits per heavy atom.